The fourth-order valence-corrected chi connectivity index (χ4v) is 3.20. The summed E-state index contributed by atoms with van der Waals surface area (Å²) in [4.78, 5) is 0. The Balaban J connectivity index is 1.91. The van der Waals surface area contributed by atoms with E-state index in [4.69, 9.17) is 0 Å². The molecule has 0 aromatic carbocycles. The monoisotopic (exact) mass is 167 g/mol. The molecule has 2 fully saturated rings. The van der Waals surface area contributed by atoms with Crippen LogP contribution in [0.25, 0.3) is 0 Å². The van der Waals surface area contributed by atoms with E-state index in [2.05, 4.69) is 19.2 Å². The molecule has 2 aliphatic carbocycles. The minimum Gasteiger partial charge on any atom is -0.311 e. The number of nitrogens with one attached hydrogen (secondary N) is 1. The minimum atomic E-state index is 0.675. The third kappa shape index (κ3) is 1.52. The normalized spacial score (nSPS) is 40.8. The Hall–Kier alpha value is -0.0400. The van der Waals surface area contributed by atoms with Crippen LogP contribution in [-0.4, -0.2) is 12.1 Å². The van der Waals surface area contributed by atoms with E-state index in [0.29, 0.717) is 6.04 Å². The van der Waals surface area contributed by atoms with Gasteiger partial charge in [0.05, 0.1) is 0 Å². The van der Waals surface area contributed by atoms with Crippen LogP contribution in [0.1, 0.15) is 46.0 Å². The second-order valence-electron chi connectivity index (χ2n) is 4.86. The van der Waals surface area contributed by atoms with E-state index in [9.17, 15) is 0 Å². The predicted molar refractivity (Wildman–Crippen MR) is 52.1 cm³/mol. The molecule has 0 aliphatic heterocycles. The maximum Gasteiger partial charge on any atom is 0.0100 e. The number of hydrogen-bond donors (Lipinski definition) is 1. The van der Waals surface area contributed by atoms with Crippen LogP contribution < -0.4 is 5.32 Å². The lowest BCUT2D eigenvalue weighted by Crippen LogP contribution is -2.37. The van der Waals surface area contributed by atoms with Crippen LogP contribution >= 0.6 is 0 Å². The summed E-state index contributed by atoms with van der Waals surface area (Å²) in [5.74, 6) is 2.12. The molecule has 0 aromatic rings. The molecule has 1 heteroatoms. The third-order valence-electron chi connectivity index (χ3n) is 3.63. The molecular weight excluding hydrogens is 146 g/mol. The molecule has 1 N–H and O–H groups in total. The van der Waals surface area contributed by atoms with Gasteiger partial charge in [-0.05, 0) is 31.1 Å². The van der Waals surface area contributed by atoms with Gasteiger partial charge in [-0.3, -0.25) is 0 Å². The van der Waals surface area contributed by atoms with Gasteiger partial charge in [0.15, 0.2) is 0 Å². The van der Waals surface area contributed by atoms with Gasteiger partial charge in [0, 0.05) is 12.1 Å². The summed E-state index contributed by atoms with van der Waals surface area (Å²) in [5.41, 5.74) is 0. The largest absolute Gasteiger partial charge is 0.311 e. The van der Waals surface area contributed by atoms with Crippen molar-refractivity contribution >= 4 is 0 Å². The lowest BCUT2D eigenvalue weighted by Gasteiger charge is -2.22. The highest BCUT2D eigenvalue weighted by Gasteiger charge is 2.38. The van der Waals surface area contributed by atoms with Crippen molar-refractivity contribution < 1.29 is 0 Å². The van der Waals surface area contributed by atoms with Gasteiger partial charge < -0.3 is 5.32 Å². The third-order valence-corrected chi connectivity index (χ3v) is 3.63. The number of rotatable bonds is 2. The van der Waals surface area contributed by atoms with Crippen LogP contribution in [0.3, 0.4) is 0 Å². The summed E-state index contributed by atoms with van der Waals surface area (Å²) < 4.78 is 0. The highest BCUT2D eigenvalue weighted by molar-refractivity contribution is 4.93. The van der Waals surface area contributed by atoms with Gasteiger partial charge in [0.25, 0.3) is 0 Å². The van der Waals surface area contributed by atoms with Crippen LogP contribution in [0.4, 0.5) is 0 Å². The molecule has 3 unspecified atom stereocenters. The van der Waals surface area contributed by atoms with Crippen LogP contribution in [-0.2, 0) is 0 Å². The average Bonchev–Trinajstić information content (AvgIpc) is 2.52. The van der Waals surface area contributed by atoms with Crippen LogP contribution in [0.2, 0.25) is 0 Å². The summed E-state index contributed by atoms with van der Waals surface area (Å²) in [7, 11) is 0. The molecule has 0 bridgehead atoms. The molecule has 0 saturated heterocycles. The zero-order valence-corrected chi connectivity index (χ0v) is 8.34. The Labute approximate surface area is 75.9 Å². The standard InChI is InChI=1S/C11H21N/c1-8(2)12-11-7-6-9-4-3-5-10(9)11/h8-12H,3-7H2,1-2H3. The molecule has 3 atom stereocenters. The maximum atomic E-state index is 3.71. The molecule has 0 heterocycles. The van der Waals surface area contributed by atoms with Crippen molar-refractivity contribution in [1.82, 2.24) is 5.32 Å². The second kappa shape index (κ2) is 3.37. The molecule has 2 aliphatic rings. The molecule has 0 aromatic heterocycles. The van der Waals surface area contributed by atoms with Crippen LogP contribution in [0.15, 0.2) is 0 Å². The molecule has 2 saturated carbocycles. The van der Waals surface area contributed by atoms with Gasteiger partial charge in [-0.1, -0.05) is 26.7 Å². The lowest BCUT2D eigenvalue weighted by atomic mass is 9.97. The molecule has 1 nitrogen and oxygen atoms in total. The van der Waals surface area contributed by atoms with E-state index in [1.165, 1.54) is 32.1 Å². The fourth-order valence-electron chi connectivity index (χ4n) is 3.20. The zero-order valence-electron chi connectivity index (χ0n) is 8.34. The van der Waals surface area contributed by atoms with E-state index < -0.39 is 0 Å². The lowest BCUT2D eigenvalue weighted by molar-refractivity contribution is 0.348. The van der Waals surface area contributed by atoms with Crippen molar-refractivity contribution in [3.8, 4) is 0 Å². The summed E-state index contributed by atoms with van der Waals surface area (Å²) in [6, 6.07) is 1.53. The predicted octanol–water partition coefficient (Wildman–Crippen LogP) is 2.56. The number of fused-ring (bicyclic) bond motifs is 1. The highest BCUT2D eigenvalue weighted by Crippen LogP contribution is 2.43. The number of hydrogen-bond acceptors (Lipinski definition) is 1. The van der Waals surface area contributed by atoms with Crippen molar-refractivity contribution in [2.24, 2.45) is 11.8 Å². The Morgan fingerprint density at radius 1 is 1.08 bits per heavy atom. The Bertz CT molecular complexity index is 153. The molecular formula is C11H21N. The molecule has 0 amide bonds. The minimum absolute atomic E-state index is 0.675. The first kappa shape index (κ1) is 8.55. The molecule has 12 heavy (non-hydrogen) atoms. The molecule has 70 valence electrons. The van der Waals surface area contributed by atoms with Crippen molar-refractivity contribution in [1.29, 1.82) is 0 Å². The molecule has 2 rings (SSSR count). The molecule has 0 radical (unpaired) electrons. The topological polar surface area (TPSA) is 12.0 Å². The van der Waals surface area contributed by atoms with Crippen molar-refractivity contribution in [2.45, 2.75) is 58.0 Å². The van der Waals surface area contributed by atoms with Gasteiger partial charge in [0.2, 0.25) is 0 Å². The van der Waals surface area contributed by atoms with Crippen LogP contribution in [0.5, 0.6) is 0 Å². The van der Waals surface area contributed by atoms with E-state index in [1.807, 2.05) is 0 Å². The van der Waals surface area contributed by atoms with E-state index >= 15 is 0 Å². The Morgan fingerprint density at radius 2 is 1.92 bits per heavy atom. The quantitative estimate of drug-likeness (QED) is 0.666. The summed E-state index contributed by atoms with van der Waals surface area (Å²) in [5, 5.41) is 3.71. The Morgan fingerprint density at radius 3 is 2.67 bits per heavy atom. The van der Waals surface area contributed by atoms with Gasteiger partial charge in [-0.15, -0.1) is 0 Å². The van der Waals surface area contributed by atoms with Crippen molar-refractivity contribution in [3.63, 3.8) is 0 Å². The summed E-state index contributed by atoms with van der Waals surface area (Å²) in [6.07, 6.45) is 7.43. The first-order chi connectivity index (χ1) is 5.77. The first-order valence-electron chi connectivity index (χ1n) is 5.53. The van der Waals surface area contributed by atoms with Gasteiger partial charge in [-0.25, -0.2) is 0 Å². The first-order valence-corrected chi connectivity index (χ1v) is 5.53. The second-order valence-corrected chi connectivity index (χ2v) is 4.86. The zero-order chi connectivity index (χ0) is 8.55. The Kier molecular flexibility index (Phi) is 2.40. The van der Waals surface area contributed by atoms with Gasteiger partial charge in [0.1, 0.15) is 0 Å². The molecule has 0 spiro atoms. The van der Waals surface area contributed by atoms with Gasteiger partial charge in [-0.2, -0.15) is 0 Å². The van der Waals surface area contributed by atoms with Crippen LogP contribution in [0, 0.1) is 11.8 Å². The van der Waals surface area contributed by atoms with Crippen molar-refractivity contribution in [2.75, 3.05) is 0 Å². The van der Waals surface area contributed by atoms with Crippen molar-refractivity contribution in [3.05, 3.63) is 0 Å². The average molecular weight is 167 g/mol. The SMILES string of the molecule is CC(C)NC1CCC2CCCC21. The fraction of sp³-hybridized carbons (Fsp3) is 1.00. The maximum absolute atomic E-state index is 3.71. The van der Waals surface area contributed by atoms with E-state index in [0.717, 1.165) is 17.9 Å². The van der Waals surface area contributed by atoms with E-state index in [1.54, 1.807) is 0 Å². The highest BCUT2D eigenvalue weighted by atomic mass is 15.0. The summed E-state index contributed by atoms with van der Waals surface area (Å²) >= 11 is 0. The van der Waals surface area contributed by atoms with E-state index in [-0.39, 0.29) is 0 Å². The smallest absolute Gasteiger partial charge is 0.0100 e. The van der Waals surface area contributed by atoms with Gasteiger partial charge >= 0.3 is 0 Å². The summed E-state index contributed by atoms with van der Waals surface area (Å²) in [6.45, 7) is 4.53.